The van der Waals surface area contributed by atoms with Crippen LogP contribution in [0.3, 0.4) is 0 Å². The van der Waals surface area contributed by atoms with Crippen LogP contribution in [0.25, 0.3) is 10.9 Å². The third kappa shape index (κ3) is 2.97. The number of carbonyl (C=O) groups excluding carboxylic acids is 1. The maximum absolute atomic E-state index is 13.0. The molecule has 0 radical (unpaired) electrons. The summed E-state index contributed by atoms with van der Waals surface area (Å²) in [6.07, 6.45) is 6.53. The SMILES string of the molecule is CN(C[C@@H]1CCN(C)[C@H]1c1cccnc1)C(=O)c1cccc2[nH]ncc12. The molecule has 3 heterocycles. The van der Waals surface area contributed by atoms with Gasteiger partial charge in [0, 0.05) is 37.4 Å². The number of H-pyrrole nitrogens is 1. The number of likely N-dealkylation sites (tertiary alicyclic amines) is 1. The van der Waals surface area contributed by atoms with Crippen molar-refractivity contribution in [1.29, 1.82) is 0 Å². The largest absolute Gasteiger partial charge is 0.341 e. The van der Waals surface area contributed by atoms with Crippen molar-refractivity contribution in [2.75, 3.05) is 27.2 Å². The van der Waals surface area contributed by atoms with Crippen LogP contribution in [-0.2, 0) is 0 Å². The molecule has 134 valence electrons. The Bertz CT molecular complexity index is 907. The molecule has 3 aromatic rings. The first-order chi connectivity index (χ1) is 12.6. The lowest BCUT2D eigenvalue weighted by atomic mass is 9.94. The smallest absolute Gasteiger partial charge is 0.254 e. The van der Waals surface area contributed by atoms with E-state index in [-0.39, 0.29) is 5.91 Å². The van der Waals surface area contributed by atoms with Crippen molar-refractivity contribution in [2.24, 2.45) is 5.92 Å². The molecule has 1 aliphatic rings. The van der Waals surface area contributed by atoms with Crippen LogP contribution in [0.15, 0.2) is 48.9 Å². The minimum absolute atomic E-state index is 0.0384. The first-order valence-corrected chi connectivity index (χ1v) is 8.93. The molecular formula is C20H23N5O. The lowest BCUT2D eigenvalue weighted by Gasteiger charge is -2.28. The third-order valence-electron chi connectivity index (χ3n) is 5.37. The molecule has 1 aromatic carbocycles. The summed E-state index contributed by atoms with van der Waals surface area (Å²) < 4.78 is 0. The van der Waals surface area contributed by atoms with E-state index in [1.54, 1.807) is 12.4 Å². The van der Waals surface area contributed by atoms with Crippen LogP contribution in [0, 0.1) is 5.92 Å². The molecule has 0 spiro atoms. The van der Waals surface area contributed by atoms with Crippen molar-refractivity contribution in [3.8, 4) is 0 Å². The number of hydrogen-bond acceptors (Lipinski definition) is 4. The van der Waals surface area contributed by atoms with Gasteiger partial charge in [-0.25, -0.2) is 0 Å². The van der Waals surface area contributed by atoms with Crippen molar-refractivity contribution in [2.45, 2.75) is 12.5 Å². The van der Waals surface area contributed by atoms with Gasteiger partial charge in [-0.15, -0.1) is 0 Å². The van der Waals surface area contributed by atoms with Crippen molar-refractivity contribution in [3.05, 3.63) is 60.0 Å². The summed E-state index contributed by atoms with van der Waals surface area (Å²) >= 11 is 0. The Hall–Kier alpha value is -2.73. The lowest BCUT2D eigenvalue weighted by molar-refractivity contribution is 0.0763. The fourth-order valence-electron chi connectivity index (χ4n) is 4.09. The molecular weight excluding hydrogens is 326 g/mol. The second-order valence-corrected chi connectivity index (χ2v) is 7.08. The fraction of sp³-hybridized carbons (Fsp3) is 0.350. The monoisotopic (exact) mass is 349 g/mol. The Labute approximate surface area is 152 Å². The van der Waals surface area contributed by atoms with Crippen LogP contribution in [-0.4, -0.2) is 58.1 Å². The molecule has 1 fully saturated rings. The Morgan fingerprint density at radius 1 is 1.31 bits per heavy atom. The molecule has 26 heavy (non-hydrogen) atoms. The summed E-state index contributed by atoms with van der Waals surface area (Å²) in [5, 5.41) is 7.86. The highest BCUT2D eigenvalue weighted by molar-refractivity contribution is 6.05. The molecule has 0 saturated carbocycles. The molecule has 2 aromatic heterocycles. The quantitative estimate of drug-likeness (QED) is 0.786. The second kappa shape index (κ2) is 6.88. The molecule has 0 bridgehead atoms. The number of nitrogens with one attached hydrogen (secondary N) is 1. The molecule has 6 heteroatoms. The highest BCUT2D eigenvalue weighted by Gasteiger charge is 2.34. The minimum atomic E-state index is 0.0384. The normalized spacial score (nSPS) is 20.5. The number of hydrogen-bond donors (Lipinski definition) is 1. The van der Waals surface area contributed by atoms with Crippen molar-refractivity contribution in [1.82, 2.24) is 25.0 Å². The molecule has 6 nitrogen and oxygen atoms in total. The number of pyridine rings is 1. The summed E-state index contributed by atoms with van der Waals surface area (Å²) in [7, 11) is 4.03. The standard InChI is InChI=1S/C20H23N5O/c1-24-10-8-15(19(24)14-5-4-9-21-11-14)13-25(2)20(26)16-6-3-7-18-17(16)12-22-23-18/h3-7,9,11-12,15,19H,8,10,13H2,1-2H3,(H,22,23)/t15-,19-/m0/s1. The number of benzene rings is 1. The topological polar surface area (TPSA) is 65.1 Å². The third-order valence-corrected chi connectivity index (χ3v) is 5.37. The maximum atomic E-state index is 13.0. The zero-order chi connectivity index (χ0) is 18.1. The average molecular weight is 349 g/mol. The molecule has 0 unspecified atom stereocenters. The van der Waals surface area contributed by atoms with Gasteiger partial charge in [0.05, 0.1) is 17.3 Å². The van der Waals surface area contributed by atoms with E-state index in [4.69, 9.17) is 0 Å². The highest BCUT2D eigenvalue weighted by atomic mass is 16.2. The Morgan fingerprint density at radius 2 is 2.19 bits per heavy atom. The Balaban J connectivity index is 1.54. The first-order valence-electron chi connectivity index (χ1n) is 8.93. The number of fused-ring (bicyclic) bond motifs is 1. The summed E-state index contributed by atoms with van der Waals surface area (Å²) in [6, 6.07) is 10.1. The Kier molecular flexibility index (Phi) is 4.42. The van der Waals surface area contributed by atoms with Gasteiger partial charge in [0.1, 0.15) is 0 Å². The second-order valence-electron chi connectivity index (χ2n) is 7.08. The molecule has 1 amide bonds. The minimum Gasteiger partial charge on any atom is -0.341 e. The van der Waals surface area contributed by atoms with Crippen molar-refractivity contribution in [3.63, 3.8) is 0 Å². The van der Waals surface area contributed by atoms with Crippen LogP contribution >= 0.6 is 0 Å². The fourth-order valence-corrected chi connectivity index (χ4v) is 4.09. The van der Waals surface area contributed by atoms with Gasteiger partial charge in [-0.2, -0.15) is 5.10 Å². The molecule has 0 aliphatic carbocycles. The van der Waals surface area contributed by atoms with E-state index in [2.05, 4.69) is 33.2 Å². The van der Waals surface area contributed by atoms with Gasteiger partial charge < -0.3 is 4.90 Å². The highest BCUT2D eigenvalue weighted by Crippen LogP contribution is 2.36. The zero-order valence-corrected chi connectivity index (χ0v) is 15.1. The molecule has 1 N–H and O–H groups in total. The van der Waals surface area contributed by atoms with E-state index in [0.717, 1.165) is 30.4 Å². The van der Waals surface area contributed by atoms with Crippen LogP contribution in [0.2, 0.25) is 0 Å². The number of rotatable bonds is 4. The van der Waals surface area contributed by atoms with Gasteiger partial charge >= 0.3 is 0 Å². The van der Waals surface area contributed by atoms with Crippen LogP contribution in [0.1, 0.15) is 28.4 Å². The van der Waals surface area contributed by atoms with E-state index in [1.165, 1.54) is 5.56 Å². The summed E-state index contributed by atoms with van der Waals surface area (Å²) in [5.74, 6) is 0.429. The molecule has 1 saturated heterocycles. The van der Waals surface area contributed by atoms with Gasteiger partial charge in [-0.1, -0.05) is 12.1 Å². The van der Waals surface area contributed by atoms with Gasteiger partial charge in [0.2, 0.25) is 0 Å². The zero-order valence-electron chi connectivity index (χ0n) is 15.1. The Morgan fingerprint density at radius 3 is 3.00 bits per heavy atom. The van der Waals surface area contributed by atoms with Crippen LogP contribution in [0.4, 0.5) is 0 Å². The van der Waals surface area contributed by atoms with E-state index < -0.39 is 0 Å². The molecule has 2 atom stereocenters. The summed E-state index contributed by atoms with van der Waals surface area (Å²) in [5.41, 5.74) is 2.80. The van der Waals surface area contributed by atoms with Crippen molar-refractivity contribution < 1.29 is 4.79 Å². The number of carbonyl (C=O) groups is 1. The van der Waals surface area contributed by atoms with Crippen molar-refractivity contribution >= 4 is 16.8 Å². The van der Waals surface area contributed by atoms with E-state index in [1.807, 2.05) is 42.4 Å². The summed E-state index contributed by atoms with van der Waals surface area (Å²) in [4.78, 5) is 21.5. The number of nitrogens with zero attached hydrogens (tertiary/aromatic N) is 4. The van der Waals surface area contributed by atoms with Gasteiger partial charge in [0.15, 0.2) is 0 Å². The van der Waals surface area contributed by atoms with E-state index >= 15 is 0 Å². The van der Waals surface area contributed by atoms with Gasteiger partial charge in [-0.05, 0) is 49.7 Å². The number of amides is 1. The van der Waals surface area contributed by atoms with Gasteiger partial charge in [-0.3, -0.25) is 19.8 Å². The van der Waals surface area contributed by atoms with Crippen LogP contribution < -0.4 is 0 Å². The van der Waals surface area contributed by atoms with Gasteiger partial charge in [0.25, 0.3) is 5.91 Å². The number of aromatic amines is 1. The van der Waals surface area contributed by atoms with E-state index in [0.29, 0.717) is 17.5 Å². The maximum Gasteiger partial charge on any atom is 0.254 e. The average Bonchev–Trinajstić information content (AvgIpc) is 3.28. The predicted molar refractivity (Wildman–Crippen MR) is 101 cm³/mol. The predicted octanol–water partition coefficient (Wildman–Crippen LogP) is 2.72. The van der Waals surface area contributed by atoms with Crippen LogP contribution in [0.5, 0.6) is 0 Å². The van der Waals surface area contributed by atoms with E-state index in [9.17, 15) is 4.79 Å². The molecule has 4 rings (SSSR count). The molecule has 1 aliphatic heterocycles. The number of aromatic nitrogens is 3. The first kappa shape index (κ1) is 16.7. The summed E-state index contributed by atoms with van der Waals surface area (Å²) in [6.45, 7) is 1.75. The lowest BCUT2D eigenvalue weighted by Crippen LogP contribution is -2.34.